The molecule has 4 nitrogen and oxygen atoms in total. The highest BCUT2D eigenvalue weighted by molar-refractivity contribution is 9.10. The number of rotatable bonds is 3. The summed E-state index contributed by atoms with van der Waals surface area (Å²) < 4.78 is 17.0. The third kappa shape index (κ3) is 2.78. The summed E-state index contributed by atoms with van der Waals surface area (Å²) in [6, 6.07) is 14.2. The van der Waals surface area contributed by atoms with Crippen molar-refractivity contribution in [2.75, 3.05) is 7.11 Å². The van der Waals surface area contributed by atoms with Crippen molar-refractivity contribution >= 4 is 26.9 Å². The highest BCUT2D eigenvalue weighted by Gasteiger charge is 2.10. The second-order valence-electron chi connectivity index (χ2n) is 4.33. The van der Waals surface area contributed by atoms with Crippen molar-refractivity contribution in [2.45, 2.75) is 0 Å². The lowest BCUT2D eigenvalue weighted by Crippen LogP contribution is -2.03. The quantitative estimate of drug-likeness (QED) is 0.661. The molecule has 0 amide bonds. The third-order valence-electron chi connectivity index (χ3n) is 2.95. The van der Waals surface area contributed by atoms with Crippen molar-refractivity contribution in [2.24, 2.45) is 0 Å². The number of hydrogen-bond donors (Lipinski definition) is 0. The van der Waals surface area contributed by atoms with Gasteiger partial charge in [-0.25, -0.2) is 4.79 Å². The maximum Gasteiger partial charge on any atom is 0.379 e. The van der Waals surface area contributed by atoms with E-state index >= 15 is 0 Å². The maximum atomic E-state index is 12.0. The molecule has 3 rings (SSSR count). The minimum absolute atomic E-state index is 0.116. The van der Waals surface area contributed by atoms with Gasteiger partial charge in [-0.3, -0.25) is 0 Å². The minimum Gasteiger partial charge on any atom is -0.493 e. The fraction of sp³-hybridized carbons (Fsp3) is 0.0625. The molecule has 0 spiro atoms. The number of ether oxygens (including phenoxy) is 2. The van der Waals surface area contributed by atoms with Gasteiger partial charge >= 0.3 is 5.63 Å². The van der Waals surface area contributed by atoms with Crippen LogP contribution in [0.1, 0.15) is 0 Å². The normalized spacial score (nSPS) is 10.6. The molecular formula is C16H11BrO4. The van der Waals surface area contributed by atoms with Crippen LogP contribution < -0.4 is 15.1 Å². The van der Waals surface area contributed by atoms with Crippen LogP contribution in [0.25, 0.3) is 11.0 Å². The molecule has 0 atom stereocenters. The Bertz CT molecular complexity index is 854. The molecule has 0 aliphatic carbocycles. The van der Waals surface area contributed by atoms with Gasteiger partial charge < -0.3 is 13.9 Å². The highest BCUT2D eigenvalue weighted by atomic mass is 79.9. The molecular weight excluding hydrogens is 336 g/mol. The van der Waals surface area contributed by atoms with Crippen LogP contribution in [0.4, 0.5) is 0 Å². The van der Waals surface area contributed by atoms with Gasteiger partial charge in [0.25, 0.3) is 0 Å². The molecule has 0 aliphatic heterocycles. The fourth-order valence-electron chi connectivity index (χ4n) is 1.97. The number of methoxy groups -OCH3 is 1. The van der Waals surface area contributed by atoms with E-state index in [4.69, 9.17) is 13.9 Å². The highest BCUT2D eigenvalue weighted by Crippen LogP contribution is 2.31. The Labute approximate surface area is 129 Å². The average Bonchev–Trinajstić information content (AvgIpc) is 2.49. The van der Waals surface area contributed by atoms with Crippen LogP contribution in [0.5, 0.6) is 17.2 Å². The van der Waals surface area contributed by atoms with E-state index in [1.807, 2.05) is 18.2 Å². The molecule has 106 valence electrons. The van der Waals surface area contributed by atoms with Gasteiger partial charge in [0.15, 0.2) is 11.5 Å². The first-order valence-corrected chi connectivity index (χ1v) is 7.01. The van der Waals surface area contributed by atoms with Gasteiger partial charge in [0, 0.05) is 9.86 Å². The topological polar surface area (TPSA) is 48.7 Å². The standard InChI is InChI=1S/C16H11BrO4/c1-19-13-4-2-3-5-14(13)20-15-9-10-8-11(17)6-7-12(10)21-16(15)18/h2-9H,1H3. The number of halogens is 1. The summed E-state index contributed by atoms with van der Waals surface area (Å²) in [7, 11) is 1.54. The van der Waals surface area contributed by atoms with E-state index in [1.54, 1.807) is 37.4 Å². The van der Waals surface area contributed by atoms with Crippen LogP contribution in [0.3, 0.4) is 0 Å². The first-order valence-electron chi connectivity index (χ1n) is 6.21. The van der Waals surface area contributed by atoms with Gasteiger partial charge in [-0.05, 0) is 36.4 Å². The van der Waals surface area contributed by atoms with Crippen LogP contribution in [0.15, 0.2) is 62.2 Å². The molecule has 0 aliphatic rings. The lowest BCUT2D eigenvalue weighted by atomic mass is 10.2. The van der Waals surface area contributed by atoms with Gasteiger partial charge in [-0.1, -0.05) is 28.1 Å². The van der Waals surface area contributed by atoms with Gasteiger partial charge in [0.2, 0.25) is 5.75 Å². The van der Waals surface area contributed by atoms with Crippen LogP contribution in [0, 0.1) is 0 Å². The molecule has 0 fully saturated rings. The first kappa shape index (κ1) is 13.7. The average molecular weight is 347 g/mol. The Morgan fingerprint density at radius 3 is 2.52 bits per heavy atom. The van der Waals surface area contributed by atoms with Crippen molar-refractivity contribution in [1.82, 2.24) is 0 Å². The molecule has 5 heteroatoms. The molecule has 0 N–H and O–H groups in total. The summed E-state index contributed by atoms with van der Waals surface area (Å²) in [6.45, 7) is 0. The van der Waals surface area contributed by atoms with Crippen LogP contribution in [-0.4, -0.2) is 7.11 Å². The molecule has 0 saturated carbocycles. The summed E-state index contributed by atoms with van der Waals surface area (Å²) in [5.74, 6) is 1.12. The SMILES string of the molecule is COc1ccccc1Oc1cc2cc(Br)ccc2oc1=O. The lowest BCUT2D eigenvalue weighted by Gasteiger charge is -2.09. The molecule has 1 heterocycles. The molecule has 3 aromatic rings. The summed E-state index contributed by atoms with van der Waals surface area (Å²) >= 11 is 3.38. The van der Waals surface area contributed by atoms with E-state index < -0.39 is 5.63 Å². The second kappa shape index (κ2) is 5.61. The molecule has 2 aromatic carbocycles. The Hall–Kier alpha value is -2.27. The molecule has 21 heavy (non-hydrogen) atoms. The number of fused-ring (bicyclic) bond motifs is 1. The number of hydrogen-bond acceptors (Lipinski definition) is 4. The summed E-state index contributed by atoms with van der Waals surface area (Å²) in [4.78, 5) is 12.0. The van der Waals surface area contributed by atoms with Crippen LogP contribution in [-0.2, 0) is 0 Å². The van der Waals surface area contributed by atoms with E-state index in [-0.39, 0.29) is 5.75 Å². The Morgan fingerprint density at radius 1 is 1.00 bits per heavy atom. The van der Waals surface area contributed by atoms with E-state index in [0.29, 0.717) is 17.1 Å². The largest absolute Gasteiger partial charge is 0.493 e. The second-order valence-corrected chi connectivity index (χ2v) is 5.25. The molecule has 0 saturated heterocycles. The van der Waals surface area contributed by atoms with Crippen molar-refractivity contribution in [3.63, 3.8) is 0 Å². The monoisotopic (exact) mass is 346 g/mol. The van der Waals surface area contributed by atoms with Crippen molar-refractivity contribution in [1.29, 1.82) is 0 Å². The fourth-order valence-corrected chi connectivity index (χ4v) is 2.35. The summed E-state index contributed by atoms with van der Waals surface area (Å²) in [5, 5.41) is 0.772. The lowest BCUT2D eigenvalue weighted by molar-refractivity contribution is 0.371. The van der Waals surface area contributed by atoms with Crippen molar-refractivity contribution in [3.8, 4) is 17.2 Å². The molecule has 0 bridgehead atoms. The van der Waals surface area contributed by atoms with Crippen molar-refractivity contribution in [3.05, 3.63) is 63.4 Å². The minimum atomic E-state index is -0.532. The Balaban J connectivity index is 2.08. The summed E-state index contributed by atoms with van der Waals surface area (Å²) in [6.07, 6.45) is 0. The number of benzene rings is 2. The van der Waals surface area contributed by atoms with E-state index in [0.717, 1.165) is 9.86 Å². The van der Waals surface area contributed by atoms with Crippen molar-refractivity contribution < 1.29 is 13.9 Å². The number of para-hydroxylation sites is 2. The third-order valence-corrected chi connectivity index (χ3v) is 3.44. The van der Waals surface area contributed by atoms with Gasteiger partial charge in [0.05, 0.1) is 7.11 Å². The predicted octanol–water partition coefficient (Wildman–Crippen LogP) is 4.36. The maximum absolute atomic E-state index is 12.0. The zero-order valence-corrected chi connectivity index (χ0v) is 12.7. The Kier molecular flexibility index (Phi) is 3.66. The van der Waals surface area contributed by atoms with Crippen LogP contribution >= 0.6 is 15.9 Å². The van der Waals surface area contributed by atoms with Gasteiger partial charge in [-0.2, -0.15) is 0 Å². The van der Waals surface area contributed by atoms with Gasteiger partial charge in [0.1, 0.15) is 5.58 Å². The Morgan fingerprint density at radius 2 is 1.76 bits per heavy atom. The predicted molar refractivity (Wildman–Crippen MR) is 83.3 cm³/mol. The molecule has 1 aromatic heterocycles. The first-order chi connectivity index (χ1) is 10.2. The van der Waals surface area contributed by atoms with E-state index in [1.165, 1.54) is 0 Å². The zero-order chi connectivity index (χ0) is 14.8. The van der Waals surface area contributed by atoms with Gasteiger partial charge in [-0.15, -0.1) is 0 Å². The van der Waals surface area contributed by atoms with E-state index in [2.05, 4.69) is 15.9 Å². The smallest absolute Gasteiger partial charge is 0.379 e. The summed E-state index contributed by atoms with van der Waals surface area (Å²) in [5.41, 5.74) is -0.0219. The van der Waals surface area contributed by atoms with E-state index in [9.17, 15) is 4.79 Å². The molecule has 0 radical (unpaired) electrons. The molecule has 0 unspecified atom stereocenters. The zero-order valence-electron chi connectivity index (χ0n) is 11.1. The van der Waals surface area contributed by atoms with Crippen LogP contribution in [0.2, 0.25) is 0 Å².